The molecule has 2 heterocycles. The number of nitrogens with zero attached hydrogens (tertiary/aromatic N) is 4. The summed E-state index contributed by atoms with van der Waals surface area (Å²) in [5, 5.41) is 6.27. The van der Waals surface area contributed by atoms with Crippen LogP contribution in [-0.2, 0) is 0 Å². The van der Waals surface area contributed by atoms with E-state index in [0.717, 1.165) is 32.7 Å². The lowest BCUT2D eigenvalue weighted by molar-refractivity contribution is 0.0632. The highest BCUT2D eigenvalue weighted by Crippen LogP contribution is 2.04. The molecule has 1 amide bonds. The number of piperazine rings is 1. The molecule has 82 valence electrons. The van der Waals surface area contributed by atoms with Crippen LogP contribution in [0.4, 0.5) is 0 Å². The molecule has 0 unspecified atom stereocenters. The first-order valence-electron chi connectivity index (χ1n) is 5.18. The maximum absolute atomic E-state index is 11.8. The SMILES string of the molecule is CCN1CCN(C(=O)c2ncn[nH]2)CC1. The second kappa shape index (κ2) is 4.39. The number of hydrogen-bond donors (Lipinski definition) is 1. The highest BCUT2D eigenvalue weighted by Gasteiger charge is 2.22. The molecule has 1 N–H and O–H groups in total. The molecule has 6 nitrogen and oxygen atoms in total. The minimum atomic E-state index is -0.0525. The third-order valence-electron chi connectivity index (χ3n) is 2.72. The lowest BCUT2D eigenvalue weighted by atomic mass is 10.3. The van der Waals surface area contributed by atoms with Crippen LogP contribution in [0.3, 0.4) is 0 Å². The molecular weight excluding hydrogens is 194 g/mol. The summed E-state index contributed by atoms with van der Waals surface area (Å²) in [4.78, 5) is 19.8. The zero-order chi connectivity index (χ0) is 10.7. The van der Waals surface area contributed by atoms with E-state index in [1.807, 2.05) is 4.90 Å². The molecule has 0 aliphatic carbocycles. The van der Waals surface area contributed by atoms with Gasteiger partial charge in [0.15, 0.2) is 0 Å². The number of amides is 1. The van der Waals surface area contributed by atoms with Crippen LogP contribution in [0.1, 0.15) is 17.5 Å². The second-order valence-corrected chi connectivity index (χ2v) is 3.56. The third kappa shape index (κ3) is 2.15. The Morgan fingerprint density at radius 2 is 2.20 bits per heavy atom. The van der Waals surface area contributed by atoms with E-state index in [1.54, 1.807) is 0 Å². The molecule has 1 aliphatic rings. The molecule has 0 spiro atoms. The summed E-state index contributed by atoms with van der Waals surface area (Å²) < 4.78 is 0. The van der Waals surface area contributed by atoms with Crippen molar-refractivity contribution in [2.24, 2.45) is 0 Å². The molecule has 6 heteroatoms. The molecule has 0 radical (unpaired) electrons. The van der Waals surface area contributed by atoms with Crippen LogP contribution in [0.25, 0.3) is 0 Å². The van der Waals surface area contributed by atoms with Gasteiger partial charge in [0.05, 0.1) is 0 Å². The van der Waals surface area contributed by atoms with Gasteiger partial charge in [0.1, 0.15) is 6.33 Å². The first-order valence-corrected chi connectivity index (χ1v) is 5.18. The van der Waals surface area contributed by atoms with Crippen LogP contribution in [-0.4, -0.2) is 63.6 Å². The molecule has 1 fully saturated rings. The van der Waals surface area contributed by atoms with Crippen molar-refractivity contribution in [2.75, 3.05) is 32.7 Å². The number of carbonyl (C=O) groups is 1. The van der Waals surface area contributed by atoms with E-state index in [0.29, 0.717) is 5.82 Å². The molecular formula is C9H15N5O. The average Bonchev–Trinajstić information content (AvgIpc) is 2.82. The van der Waals surface area contributed by atoms with Crippen molar-refractivity contribution in [2.45, 2.75) is 6.92 Å². The topological polar surface area (TPSA) is 65.1 Å². The maximum atomic E-state index is 11.8. The summed E-state index contributed by atoms with van der Waals surface area (Å²) in [6.07, 6.45) is 1.36. The van der Waals surface area contributed by atoms with Crippen LogP contribution in [0, 0.1) is 0 Å². The van der Waals surface area contributed by atoms with Crippen LogP contribution in [0.15, 0.2) is 6.33 Å². The van der Waals surface area contributed by atoms with Gasteiger partial charge in [-0.1, -0.05) is 6.92 Å². The Balaban J connectivity index is 1.93. The van der Waals surface area contributed by atoms with Crippen molar-refractivity contribution < 1.29 is 4.79 Å². The lowest BCUT2D eigenvalue weighted by Gasteiger charge is -2.33. The zero-order valence-electron chi connectivity index (χ0n) is 8.81. The van der Waals surface area contributed by atoms with Gasteiger partial charge < -0.3 is 9.80 Å². The van der Waals surface area contributed by atoms with Gasteiger partial charge in [-0.25, -0.2) is 4.98 Å². The molecule has 2 rings (SSSR count). The van der Waals surface area contributed by atoms with Gasteiger partial charge in [0.2, 0.25) is 5.82 Å². The van der Waals surface area contributed by atoms with Crippen molar-refractivity contribution in [3.8, 4) is 0 Å². The zero-order valence-corrected chi connectivity index (χ0v) is 8.81. The van der Waals surface area contributed by atoms with Gasteiger partial charge in [-0.05, 0) is 6.54 Å². The molecule has 1 aromatic heterocycles. The summed E-state index contributed by atoms with van der Waals surface area (Å²) in [6.45, 7) is 6.60. The van der Waals surface area contributed by atoms with Gasteiger partial charge in [-0.3, -0.25) is 9.89 Å². The van der Waals surface area contributed by atoms with E-state index in [1.165, 1.54) is 6.33 Å². The normalized spacial score (nSPS) is 18.1. The van der Waals surface area contributed by atoms with Crippen LogP contribution >= 0.6 is 0 Å². The first-order chi connectivity index (χ1) is 7.31. The number of H-pyrrole nitrogens is 1. The fourth-order valence-corrected chi connectivity index (χ4v) is 1.73. The number of likely N-dealkylation sites (N-methyl/N-ethyl adjacent to an activating group) is 1. The van der Waals surface area contributed by atoms with Crippen LogP contribution in [0.2, 0.25) is 0 Å². The Kier molecular flexibility index (Phi) is 2.96. The first kappa shape index (κ1) is 10.1. The van der Waals surface area contributed by atoms with Crippen molar-refractivity contribution in [3.05, 3.63) is 12.2 Å². The predicted octanol–water partition coefficient (Wildman–Crippen LogP) is -0.418. The minimum absolute atomic E-state index is 0.0525. The Bertz CT molecular complexity index is 315. The Morgan fingerprint density at radius 3 is 2.73 bits per heavy atom. The Hall–Kier alpha value is -1.43. The molecule has 1 aliphatic heterocycles. The maximum Gasteiger partial charge on any atom is 0.291 e. The number of hydrogen-bond acceptors (Lipinski definition) is 4. The largest absolute Gasteiger partial charge is 0.333 e. The summed E-state index contributed by atoms with van der Waals surface area (Å²) in [5.74, 6) is 0.281. The standard InChI is InChI=1S/C9H15N5O/c1-2-13-3-5-14(6-4-13)9(15)8-10-7-11-12-8/h7H,2-6H2,1H3,(H,10,11,12). The molecule has 0 aromatic carbocycles. The molecule has 1 saturated heterocycles. The van der Waals surface area contributed by atoms with Gasteiger partial charge in [-0.2, -0.15) is 5.10 Å². The van der Waals surface area contributed by atoms with Crippen molar-refractivity contribution in [3.63, 3.8) is 0 Å². The summed E-state index contributed by atoms with van der Waals surface area (Å²) >= 11 is 0. The second-order valence-electron chi connectivity index (χ2n) is 3.56. The summed E-state index contributed by atoms with van der Waals surface area (Å²) in [6, 6.07) is 0. The van der Waals surface area contributed by atoms with E-state index in [2.05, 4.69) is 27.0 Å². The van der Waals surface area contributed by atoms with Crippen molar-refractivity contribution in [1.29, 1.82) is 0 Å². The lowest BCUT2D eigenvalue weighted by Crippen LogP contribution is -2.48. The molecule has 0 bridgehead atoms. The van der Waals surface area contributed by atoms with E-state index >= 15 is 0 Å². The Labute approximate surface area is 88.3 Å². The van der Waals surface area contributed by atoms with E-state index in [9.17, 15) is 4.79 Å². The predicted molar refractivity (Wildman–Crippen MR) is 54.4 cm³/mol. The third-order valence-corrected chi connectivity index (χ3v) is 2.72. The van der Waals surface area contributed by atoms with Gasteiger partial charge in [0.25, 0.3) is 5.91 Å². The van der Waals surface area contributed by atoms with E-state index in [4.69, 9.17) is 0 Å². The van der Waals surface area contributed by atoms with Crippen molar-refractivity contribution >= 4 is 5.91 Å². The molecule has 15 heavy (non-hydrogen) atoms. The quantitative estimate of drug-likeness (QED) is 0.718. The summed E-state index contributed by atoms with van der Waals surface area (Å²) in [7, 11) is 0. The summed E-state index contributed by atoms with van der Waals surface area (Å²) in [5.41, 5.74) is 0. The number of rotatable bonds is 2. The van der Waals surface area contributed by atoms with Gasteiger partial charge >= 0.3 is 0 Å². The van der Waals surface area contributed by atoms with Crippen LogP contribution in [0.5, 0.6) is 0 Å². The minimum Gasteiger partial charge on any atom is -0.333 e. The molecule has 1 aromatic rings. The fraction of sp³-hybridized carbons (Fsp3) is 0.667. The number of nitrogens with one attached hydrogen (secondary N) is 1. The Morgan fingerprint density at radius 1 is 1.47 bits per heavy atom. The van der Waals surface area contributed by atoms with Crippen molar-refractivity contribution in [1.82, 2.24) is 25.0 Å². The monoisotopic (exact) mass is 209 g/mol. The number of carbonyl (C=O) groups excluding carboxylic acids is 1. The van der Waals surface area contributed by atoms with Gasteiger partial charge in [0, 0.05) is 26.2 Å². The van der Waals surface area contributed by atoms with Gasteiger partial charge in [-0.15, -0.1) is 0 Å². The highest BCUT2D eigenvalue weighted by molar-refractivity contribution is 5.90. The molecule has 0 saturated carbocycles. The average molecular weight is 209 g/mol. The number of aromatic nitrogens is 3. The van der Waals surface area contributed by atoms with E-state index in [-0.39, 0.29) is 5.91 Å². The van der Waals surface area contributed by atoms with Crippen LogP contribution < -0.4 is 0 Å². The fourth-order valence-electron chi connectivity index (χ4n) is 1.73. The molecule has 0 atom stereocenters. The van der Waals surface area contributed by atoms with E-state index < -0.39 is 0 Å². The highest BCUT2D eigenvalue weighted by atomic mass is 16.2. The smallest absolute Gasteiger partial charge is 0.291 e. The number of aromatic amines is 1.